The fourth-order valence-electron chi connectivity index (χ4n) is 1.42. The number of nitrogens with zero attached hydrogens (tertiary/aromatic N) is 1. The average Bonchev–Trinajstić information content (AvgIpc) is 2.82. The Morgan fingerprint density at radius 2 is 2.00 bits per heavy atom. The van der Waals surface area contributed by atoms with Crippen molar-refractivity contribution in [2.75, 3.05) is 5.75 Å². The maximum Gasteiger partial charge on any atom is 0.225 e. The fraction of sp³-hybridized carbons (Fsp3) is 0.0833. The maximum absolute atomic E-state index is 11.7. The van der Waals surface area contributed by atoms with Gasteiger partial charge in [0.05, 0.1) is 16.8 Å². The standard InChI is InChI=1S/C12H11NO3S/c1-2-9-17(14,15)11-5-3-10(4-6-11)12-13-7-8-16-12/h2-8H,1,9H2. The molecule has 0 aliphatic rings. The van der Waals surface area contributed by atoms with Gasteiger partial charge in [0.25, 0.3) is 0 Å². The number of benzene rings is 1. The van der Waals surface area contributed by atoms with E-state index in [2.05, 4.69) is 11.6 Å². The highest BCUT2D eigenvalue weighted by Crippen LogP contribution is 2.20. The lowest BCUT2D eigenvalue weighted by Crippen LogP contribution is -2.03. The van der Waals surface area contributed by atoms with Crippen molar-refractivity contribution in [3.8, 4) is 11.5 Å². The van der Waals surface area contributed by atoms with Gasteiger partial charge in [0.15, 0.2) is 9.84 Å². The second-order valence-corrected chi connectivity index (χ2v) is 5.47. The Hall–Kier alpha value is -1.88. The number of oxazole rings is 1. The largest absolute Gasteiger partial charge is 0.445 e. The second kappa shape index (κ2) is 4.55. The quantitative estimate of drug-likeness (QED) is 0.780. The molecule has 0 N–H and O–H groups in total. The summed E-state index contributed by atoms with van der Waals surface area (Å²) in [5.74, 6) is 0.406. The second-order valence-electron chi connectivity index (χ2n) is 3.43. The lowest BCUT2D eigenvalue weighted by atomic mass is 10.2. The van der Waals surface area contributed by atoms with Crippen LogP contribution in [-0.2, 0) is 9.84 Å². The van der Waals surface area contributed by atoms with E-state index >= 15 is 0 Å². The Labute approximate surface area is 99.5 Å². The van der Waals surface area contributed by atoms with Crippen LogP contribution in [0.2, 0.25) is 0 Å². The Balaban J connectivity index is 2.34. The topological polar surface area (TPSA) is 60.2 Å². The Morgan fingerprint density at radius 3 is 2.53 bits per heavy atom. The van der Waals surface area contributed by atoms with Gasteiger partial charge >= 0.3 is 0 Å². The smallest absolute Gasteiger partial charge is 0.225 e. The summed E-state index contributed by atoms with van der Waals surface area (Å²) in [5.41, 5.74) is 0.743. The van der Waals surface area contributed by atoms with Gasteiger partial charge in [0.1, 0.15) is 6.26 Å². The normalized spacial score (nSPS) is 11.3. The molecule has 4 nitrogen and oxygen atoms in total. The van der Waals surface area contributed by atoms with Crippen molar-refractivity contribution in [2.24, 2.45) is 0 Å². The molecule has 1 heterocycles. The third-order valence-electron chi connectivity index (χ3n) is 2.23. The zero-order chi connectivity index (χ0) is 12.3. The van der Waals surface area contributed by atoms with Gasteiger partial charge in [0, 0.05) is 5.56 Å². The molecule has 0 bridgehead atoms. The van der Waals surface area contributed by atoms with E-state index in [1.807, 2.05) is 0 Å². The summed E-state index contributed by atoms with van der Waals surface area (Å²) >= 11 is 0. The molecule has 2 rings (SSSR count). The molecule has 88 valence electrons. The Morgan fingerprint density at radius 1 is 1.29 bits per heavy atom. The van der Waals surface area contributed by atoms with Crippen molar-refractivity contribution < 1.29 is 12.8 Å². The first-order valence-electron chi connectivity index (χ1n) is 4.97. The van der Waals surface area contributed by atoms with Crippen LogP contribution in [0.5, 0.6) is 0 Å². The summed E-state index contributed by atoms with van der Waals surface area (Å²) in [6, 6.07) is 6.42. The van der Waals surface area contributed by atoms with Gasteiger partial charge in [-0.3, -0.25) is 0 Å². The monoisotopic (exact) mass is 249 g/mol. The van der Waals surface area contributed by atoms with E-state index in [9.17, 15) is 8.42 Å². The molecule has 0 amide bonds. The molecule has 0 spiro atoms. The lowest BCUT2D eigenvalue weighted by molar-refractivity contribution is 0.574. The first kappa shape index (κ1) is 11.6. The first-order chi connectivity index (χ1) is 8.13. The molecule has 2 aromatic rings. The highest BCUT2D eigenvalue weighted by atomic mass is 32.2. The zero-order valence-corrected chi connectivity index (χ0v) is 9.85. The molecular formula is C12H11NO3S. The maximum atomic E-state index is 11.7. The van der Waals surface area contributed by atoms with Crippen LogP contribution in [0.25, 0.3) is 11.5 Å². The van der Waals surface area contributed by atoms with Gasteiger partial charge in [-0.05, 0) is 24.3 Å². The molecule has 0 saturated carbocycles. The molecule has 0 saturated heterocycles. The summed E-state index contributed by atoms with van der Waals surface area (Å²) in [7, 11) is -3.26. The molecule has 0 unspecified atom stereocenters. The van der Waals surface area contributed by atoms with Gasteiger partial charge in [-0.25, -0.2) is 13.4 Å². The van der Waals surface area contributed by atoms with Crippen molar-refractivity contribution in [2.45, 2.75) is 4.90 Å². The van der Waals surface area contributed by atoms with E-state index in [1.165, 1.54) is 18.5 Å². The summed E-state index contributed by atoms with van der Waals surface area (Å²) in [4.78, 5) is 4.25. The van der Waals surface area contributed by atoms with Gasteiger partial charge in [-0.1, -0.05) is 6.08 Å². The van der Waals surface area contributed by atoms with Crippen LogP contribution in [0, 0.1) is 0 Å². The van der Waals surface area contributed by atoms with Crippen molar-refractivity contribution in [3.05, 3.63) is 49.4 Å². The number of hydrogen-bond donors (Lipinski definition) is 0. The fourth-order valence-corrected chi connectivity index (χ4v) is 2.48. The molecule has 1 aromatic heterocycles. The number of rotatable bonds is 4. The molecule has 0 atom stereocenters. The van der Waals surface area contributed by atoms with Gasteiger partial charge in [-0.15, -0.1) is 6.58 Å². The summed E-state index contributed by atoms with van der Waals surface area (Å²) < 4.78 is 28.6. The molecule has 0 aliphatic heterocycles. The Bertz CT molecular complexity index is 598. The molecule has 0 radical (unpaired) electrons. The SMILES string of the molecule is C=CCS(=O)(=O)c1ccc(-c2ncco2)cc1. The van der Waals surface area contributed by atoms with E-state index < -0.39 is 9.84 Å². The minimum Gasteiger partial charge on any atom is -0.445 e. The van der Waals surface area contributed by atoms with E-state index in [1.54, 1.807) is 24.3 Å². The van der Waals surface area contributed by atoms with Crippen LogP contribution in [-0.4, -0.2) is 19.2 Å². The molecule has 17 heavy (non-hydrogen) atoms. The molecule has 1 aromatic carbocycles. The minimum absolute atomic E-state index is 0.0641. The zero-order valence-electron chi connectivity index (χ0n) is 9.04. The van der Waals surface area contributed by atoms with Crippen LogP contribution < -0.4 is 0 Å². The van der Waals surface area contributed by atoms with Gasteiger partial charge in [-0.2, -0.15) is 0 Å². The number of aromatic nitrogens is 1. The van der Waals surface area contributed by atoms with Crippen molar-refractivity contribution in [3.63, 3.8) is 0 Å². The van der Waals surface area contributed by atoms with Crippen LogP contribution in [0.3, 0.4) is 0 Å². The molecule has 5 heteroatoms. The van der Waals surface area contributed by atoms with E-state index in [4.69, 9.17) is 4.42 Å². The van der Waals surface area contributed by atoms with Gasteiger partial charge < -0.3 is 4.42 Å². The molecule has 0 aliphatic carbocycles. The lowest BCUT2D eigenvalue weighted by Gasteiger charge is -2.02. The van der Waals surface area contributed by atoms with E-state index in [-0.39, 0.29) is 10.6 Å². The molecular weight excluding hydrogens is 238 g/mol. The third-order valence-corrected chi connectivity index (χ3v) is 3.89. The van der Waals surface area contributed by atoms with Crippen LogP contribution in [0.1, 0.15) is 0 Å². The van der Waals surface area contributed by atoms with Crippen LogP contribution in [0.15, 0.2) is 58.7 Å². The Kier molecular flexibility index (Phi) is 3.10. The highest BCUT2D eigenvalue weighted by molar-refractivity contribution is 7.91. The average molecular weight is 249 g/mol. The number of sulfone groups is 1. The van der Waals surface area contributed by atoms with Crippen LogP contribution >= 0.6 is 0 Å². The van der Waals surface area contributed by atoms with Crippen molar-refractivity contribution in [1.29, 1.82) is 0 Å². The van der Waals surface area contributed by atoms with Crippen molar-refractivity contribution >= 4 is 9.84 Å². The van der Waals surface area contributed by atoms with E-state index in [0.717, 1.165) is 5.56 Å². The number of hydrogen-bond acceptors (Lipinski definition) is 4. The van der Waals surface area contributed by atoms with E-state index in [0.29, 0.717) is 5.89 Å². The van der Waals surface area contributed by atoms with Crippen molar-refractivity contribution in [1.82, 2.24) is 4.98 Å². The predicted octanol–water partition coefficient (Wildman–Crippen LogP) is 2.30. The summed E-state index contributed by atoms with van der Waals surface area (Å²) in [6.07, 6.45) is 4.38. The summed E-state index contributed by atoms with van der Waals surface area (Å²) in [5, 5.41) is 0. The minimum atomic E-state index is -3.26. The third kappa shape index (κ3) is 2.45. The highest BCUT2D eigenvalue weighted by Gasteiger charge is 2.12. The first-order valence-corrected chi connectivity index (χ1v) is 6.62. The molecule has 0 fully saturated rings. The van der Waals surface area contributed by atoms with Gasteiger partial charge in [0.2, 0.25) is 5.89 Å². The predicted molar refractivity (Wildman–Crippen MR) is 64.2 cm³/mol. The summed E-state index contributed by atoms with van der Waals surface area (Å²) in [6.45, 7) is 3.43. The van der Waals surface area contributed by atoms with Crippen LogP contribution in [0.4, 0.5) is 0 Å².